The highest BCUT2D eigenvalue weighted by Gasteiger charge is 2.16. The molecule has 0 saturated heterocycles. The molecule has 0 aliphatic heterocycles. The number of nitrogens with one attached hydrogen (secondary N) is 2. The van der Waals surface area contributed by atoms with Gasteiger partial charge >= 0.3 is 0 Å². The molecule has 1 aromatic rings. The van der Waals surface area contributed by atoms with Crippen LogP contribution in [0, 0.1) is 0 Å². The highest BCUT2D eigenvalue weighted by molar-refractivity contribution is 5.95. The summed E-state index contributed by atoms with van der Waals surface area (Å²) in [7, 11) is 4.57. The Balaban J connectivity index is 2.73. The molecule has 0 spiro atoms. The molecule has 0 aromatic heterocycles. The largest absolute Gasteiger partial charge is 0.493 e. The van der Waals surface area contributed by atoms with E-state index in [9.17, 15) is 4.79 Å². The molecule has 0 saturated carbocycles. The van der Waals surface area contributed by atoms with Crippen LogP contribution in [0.15, 0.2) is 12.1 Å². The van der Waals surface area contributed by atoms with Crippen LogP contribution in [-0.2, 0) is 0 Å². The van der Waals surface area contributed by atoms with Gasteiger partial charge in [-0.05, 0) is 25.5 Å². The van der Waals surface area contributed by atoms with Crippen molar-refractivity contribution in [2.45, 2.75) is 26.3 Å². The fraction of sp³-hybridized carbons (Fsp3) is 0.562. The van der Waals surface area contributed by atoms with Gasteiger partial charge in [-0.2, -0.15) is 0 Å². The zero-order valence-electron chi connectivity index (χ0n) is 14.0. The lowest BCUT2D eigenvalue weighted by molar-refractivity contribution is 0.0952. The molecule has 6 nitrogen and oxygen atoms in total. The Morgan fingerprint density at radius 2 is 1.68 bits per heavy atom. The maximum absolute atomic E-state index is 12.2. The summed E-state index contributed by atoms with van der Waals surface area (Å²) < 4.78 is 15.7. The van der Waals surface area contributed by atoms with E-state index in [2.05, 4.69) is 24.5 Å². The Morgan fingerprint density at radius 3 is 2.14 bits per heavy atom. The number of rotatable bonds is 9. The van der Waals surface area contributed by atoms with Crippen molar-refractivity contribution in [1.29, 1.82) is 0 Å². The summed E-state index contributed by atoms with van der Waals surface area (Å²) in [5.74, 6) is 1.22. The van der Waals surface area contributed by atoms with Gasteiger partial charge in [-0.3, -0.25) is 4.79 Å². The lowest BCUT2D eigenvalue weighted by Crippen LogP contribution is -2.35. The molecular formula is C16H26N2O4. The van der Waals surface area contributed by atoms with Gasteiger partial charge in [-0.1, -0.05) is 6.92 Å². The summed E-state index contributed by atoms with van der Waals surface area (Å²) in [4.78, 5) is 12.2. The van der Waals surface area contributed by atoms with Crippen molar-refractivity contribution in [2.24, 2.45) is 0 Å². The van der Waals surface area contributed by atoms with Crippen molar-refractivity contribution in [3.05, 3.63) is 17.7 Å². The number of benzene rings is 1. The van der Waals surface area contributed by atoms with Gasteiger partial charge in [0.15, 0.2) is 11.5 Å². The third-order valence-corrected chi connectivity index (χ3v) is 3.44. The van der Waals surface area contributed by atoms with E-state index in [1.54, 1.807) is 12.1 Å². The Labute approximate surface area is 132 Å². The van der Waals surface area contributed by atoms with Crippen molar-refractivity contribution in [1.82, 2.24) is 10.6 Å². The summed E-state index contributed by atoms with van der Waals surface area (Å²) in [5.41, 5.74) is 0.470. The van der Waals surface area contributed by atoms with E-state index in [1.807, 2.05) is 0 Å². The molecule has 0 fully saturated rings. The predicted octanol–water partition coefficient (Wildman–Crippen LogP) is 1.83. The third kappa shape index (κ3) is 4.80. The second-order valence-electron chi connectivity index (χ2n) is 4.93. The van der Waals surface area contributed by atoms with E-state index < -0.39 is 0 Å². The topological polar surface area (TPSA) is 68.8 Å². The van der Waals surface area contributed by atoms with Gasteiger partial charge in [-0.15, -0.1) is 0 Å². The van der Waals surface area contributed by atoms with E-state index in [4.69, 9.17) is 14.2 Å². The predicted molar refractivity (Wildman–Crippen MR) is 86.2 cm³/mol. The summed E-state index contributed by atoms with van der Waals surface area (Å²) >= 11 is 0. The molecule has 1 unspecified atom stereocenters. The SMILES string of the molecule is CCC(C)NCCNC(=O)c1cc(OC)c(OC)c(OC)c1. The molecule has 22 heavy (non-hydrogen) atoms. The van der Waals surface area contributed by atoms with Crippen LogP contribution in [0.2, 0.25) is 0 Å². The highest BCUT2D eigenvalue weighted by Crippen LogP contribution is 2.38. The Kier molecular flexibility index (Phi) is 7.52. The minimum absolute atomic E-state index is 0.176. The number of amides is 1. The van der Waals surface area contributed by atoms with Crippen LogP contribution in [0.4, 0.5) is 0 Å². The van der Waals surface area contributed by atoms with E-state index >= 15 is 0 Å². The van der Waals surface area contributed by atoms with Gasteiger partial charge in [0.05, 0.1) is 21.3 Å². The number of ether oxygens (including phenoxy) is 3. The molecule has 0 radical (unpaired) electrons. The molecule has 0 aliphatic carbocycles. The summed E-state index contributed by atoms with van der Waals surface area (Å²) in [6.45, 7) is 5.51. The Bertz CT molecular complexity index is 466. The van der Waals surface area contributed by atoms with Gasteiger partial charge in [-0.25, -0.2) is 0 Å². The van der Waals surface area contributed by atoms with E-state index in [1.165, 1.54) is 21.3 Å². The van der Waals surface area contributed by atoms with Gasteiger partial charge in [0.25, 0.3) is 5.91 Å². The average Bonchev–Trinajstić information content (AvgIpc) is 2.56. The van der Waals surface area contributed by atoms with E-state index in [0.717, 1.165) is 13.0 Å². The van der Waals surface area contributed by atoms with Crippen molar-refractivity contribution in [2.75, 3.05) is 34.4 Å². The van der Waals surface area contributed by atoms with Crippen molar-refractivity contribution >= 4 is 5.91 Å². The van der Waals surface area contributed by atoms with Crippen LogP contribution in [0.1, 0.15) is 30.6 Å². The maximum atomic E-state index is 12.2. The molecule has 0 heterocycles. The molecule has 1 amide bonds. The smallest absolute Gasteiger partial charge is 0.251 e. The molecule has 0 bridgehead atoms. The lowest BCUT2D eigenvalue weighted by atomic mass is 10.1. The Morgan fingerprint density at radius 1 is 1.09 bits per heavy atom. The first-order chi connectivity index (χ1) is 10.6. The lowest BCUT2D eigenvalue weighted by Gasteiger charge is -2.15. The quantitative estimate of drug-likeness (QED) is 0.681. The molecule has 0 aliphatic rings. The minimum Gasteiger partial charge on any atom is -0.493 e. The molecule has 1 aromatic carbocycles. The number of methoxy groups -OCH3 is 3. The first-order valence-corrected chi connectivity index (χ1v) is 7.38. The van der Waals surface area contributed by atoms with Gasteiger partial charge in [0.1, 0.15) is 0 Å². The van der Waals surface area contributed by atoms with Crippen LogP contribution < -0.4 is 24.8 Å². The maximum Gasteiger partial charge on any atom is 0.251 e. The normalized spacial score (nSPS) is 11.7. The van der Waals surface area contributed by atoms with E-state index in [-0.39, 0.29) is 5.91 Å². The molecular weight excluding hydrogens is 284 g/mol. The van der Waals surface area contributed by atoms with Gasteiger partial charge in [0, 0.05) is 24.7 Å². The number of hydrogen-bond donors (Lipinski definition) is 2. The highest BCUT2D eigenvalue weighted by atomic mass is 16.5. The second kappa shape index (κ2) is 9.15. The standard InChI is InChI=1S/C16H26N2O4/c1-6-11(2)17-7-8-18-16(19)12-9-13(20-3)15(22-5)14(10-12)21-4/h9-11,17H,6-8H2,1-5H3,(H,18,19). The Hall–Kier alpha value is -1.95. The summed E-state index contributed by atoms with van der Waals surface area (Å²) in [6.07, 6.45) is 1.06. The number of hydrogen-bond acceptors (Lipinski definition) is 5. The van der Waals surface area contributed by atoms with Gasteiger partial charge in [0.2, 0.25) is 5.75 Å². The molecule has 1 rings (SSSR count). The van der Waals surface area contributed by atoms with Crippen LogP contribution in [0.5, 0.6) is 17.2 Å². The fourth-order valence-corrected chi connectivity index (χ4v) is 1.95. The average molecular weight is 310 g/mol. The first-order valence-electron chi connectivity index (χ1n) is 7.38. The van der Waals surface area contributed by atoms with E-state index in [0.29, 0.717) is 35.4 Å². The monoisotopic (exact) mass is 310 g/mol. The molecule has 124 valence electrons. The second-order valence-corrected chi connectivity index (χ2v) is 4.93. The first kappa shape index (κ1) is 18.1. The van der Waals surface area contributed by atoms with Crippen LogP contribution in [-0.4, -0.2) is 46.4 Å². The zero-order valence-corrected chi connectivity index (χ0v) is 14.0. The van der Waals surface area contributed by atoms with Crippen LogP contribution >= 0.6 is 0 Å². The minimum atomic E-state index is -0.176. The third-order valence-electron chi connectivity index (χ3n) is 3.44. The van der Waals surface area contributed by atoms with Crippen molar-refractivity contribution < 1.29 is 19.0 Å². The fourth-order valence-electron chi connectivity index (χ4n) is 1.95. The molecule has 2 N–H and O–H groups in total. The zero-order chi connectivity index (χ0) is 16.5. The molecule has 6 heteroatoms. The van der Waals surface area contributed by atoms with Crippen molar-refractivity contribution in [3.63, 3.8) is 0 Å². The number of carbonyl (C=O) groups excluding carboxylic acids is 1. The summed E-state index contributed by atoms with van der Waals surface area (Å²) in [6, 6.07) is 3.72. The number of carbonyl (C=O) groups is 1. The van der Waals surface area contributed by atoms with Crippen molar-refractivity contribution in [3.8, 4) is 17.2 Å². The van der Waals surface area contributed by atoms with Crippen LogP contribution in [0.25, 0.3) is 0 Å². The summed E-state index contributed by atoms with van der Waals surface area (Å²) in [5, 5.41) is 6.18. The van der Waals surface area contributed by atoms with Gasteiger partial charge < -0.3 is 24.8 Å². The van der Waals surface area contributed by atoms with Crippen LogP contribution in [0.3, 0.4) is 0 Å². The molecule has 1 atom stereocenters.